The van der Waals surface area contributed by atoms with Gasteiger partial charge in [0, 0.05) is 18.8 Å². The molecule has 1 atom stereocenters. The predicted molar refractivity (Wildman–Crippen MR) is 84.3 cm³/mol. The van der Waals surface area contributed by atoms with Crippen LogP contribution >= 0.6 is 0 Å². The second-order valence-electron chi connectivity index (χ2n) is 5.86. The van der Waals surface area contributed by atoms with E-state index in [0.29, 0.717) is 24.6 Å². The van der Waals surface area contributed by atoms with Gasteiger partial charge in [0.05, 0.1) is 19.2 Å². The van der Waals surface area contributed by atoms with Crippen LogP contribution in [0.1, 0.15) is 41.0 Å². The second-order valence-corrected chi connectivity index (χ2v) is 5.86. The topological polar surface area (TPSA) is 145 Å². The molecule has 0 saturated carbocycles. The van der Waals surface area contributed by atoms with Gasteiger partial charge in [0.15, 0.2) is 5.82 Å². The number of carbonyl (C=O) groups excluding carboxylic acids is 2. The standard InChI is InChI=1S/C15H14N6O5/c1-25-15(24)8-5-21(4-7-12(8)18-19-13(7)23)6-10-17-14(26-20-10)9-2-3-11(22)16-9/h4-5,9H,2-3,6H2,1H3,(H,16,22)(H,19,23)/t9-/m0/s1. The molecule has 0 spiro atoms. The largest absolute Gasteiger partial charge is 0.465 e. The van der Waals surface area contributed by atoms with Gasteiger partial charge >= 0.3 is 5.97 Å². The Balaban J connectivity index is 1.65. The van der Waals surface area contributed by atoms with Gasteiger partial charge in [0.2, 0.25) is 11.8 Å². The van der Waals surface area contributed by atoms with Crippen molar-refractivity contribution in [2.75, 3.05) is 7.11 Å². The minimum absolute atomic E-state index is 0.0553. The zero-order valence-electron chi connectivity index (χ0n) is 13.7. The molecule has 4 heterocycles. The number of aromatic nitrogens is 5. The van der Waals surface area contributed by atoms with Gasteiger partial charge in [-0.05, 0) is 6.42 Å². The Morgan fingerprint density at radius 3 is 3.00 bits per heavy atom. The molecule has 0 unspecified atom stereocenters. The summed E-state index contributed by atoms with van der Waals surface area (Å²) in [5.74, 6) is 0.00403. The molecular formula is C15H14N6O5. The molecule has 2 N–H and O–H groups in total. The van der Waals surface area contributed by atoms with E-state index in [4.69, 9.17) is 9.26 Å². The number of pyridine rings is 1. The van der Waals surface area contributed by atoms with E-state index >= 15 is 0 Å². The highest BCUT2D eigenvalue weighted by Crippen LogP contribution is 2.23. The Bertz CT molecular complexity index is 1020. The third-order valence-corrected chi connectivity index (χ3v) is 4.12. The van der Waals surface area contributed by atoms with Crippen molar-refractivity contribution >= 4 is 11.9 Å². The highest BCUT2D eigenvalue weighted by Gasteiger charge is 2.27. The van der Waals surface area contributed by atoms with E-state index in [2.05, 4.69) is 25.7 Å². The van der Waals surface area contributed by atoms with E-state index in [1.165, 1.54) is 13.3 Å². The zero-order valence-corrected chi connectivity index (χ0v) is 13.7. The molecule has 0 aliphatic carbocycles. The van der Waals surface area contributed by atoms with E-state index < -0.39 is 11.5 Å². The summed E-state index contributed by atoms with van der Waals surface area (Å²) in [5.41, 5.74) is 0.220. The van der Waals surface area contributed by atoms with Gasteiger partial charge < -0.3 is 19.1 Å². The van der Waals surface area contributed by atoms with Crippen LogP contribution in [-0.4, -0.2) is 43.9 Å². The predicted octanol–water partition coefficient (Wildman–Crippen LogP) is -0.155. The second kappa shape index (κ2) is 6.10. The molecule has 134 valence electrons. The van der Waals surface area contributed by atoms with E-state index in [0.717, 1.165) is 0 Å². The fraction of sp³-hybridized carbons (Fsp3) is 0.333. The fourth-order valence-electron chi connectivity index (χ4n) is 2.88. The number of nitrogens with zero attached hydrogens (tertiary/aromatic N) is 4. The molecule has 0 radical (unpaired) electrons. The van der Waals surface area contributed by atoms with Crippen LogP contribution in [-0.2, 0) is 16.1 Å². The lowest BCUT2D eigenvalue weighted by atomic mass is 10.1. The molecule has 1 aromatic rings. The number of hydrogen-bond donors (Lipinski definition) is 2. The minimum atomic E-state index is -0.613. The first-order chi connectivity index (χ1) is 12.5. The van der Waals surface area contributed by atoms with Crippen LogP contribution in [0.2, 0.25) is 0 Å². The Hall–Kier alpha value is -3.50. The molecule has 11 heteroatoms. The third-order valence-electron chi connectivity index (χ3n) is 4.12. The average Bonchev–Trinajstić information content (AvgIpc) is 3.35. The highest BCUT2D eigenvalue weighted by molar-refractivity contribution is 5.95. The Labute approximate surface area is 145 Å². The lowest BCUT2D eigenvalue weighted by Gasteiger charge is -2.09. The summed E-state index contributed by atoms with van der Waals surface area (Å²) in [4.78, 5) is 39.4. The summed E-state index contributed by atoms with van der Waals surface area (Å²) in [6, 6.07) is -0.288. The van der Waals surface area contributed by atoms with Gasteiger partial charge in [-0.25, -0.2) is 9.89 Å². The molecule has 26 heavy (non-hydrogen) atoms. The van der Waals surface area contributed by atoms with Crippen LogP contribution in [0, 0.1) is 0 Å². The number of fused-ring (bicyclic) bond motifs is 1. The van der Waals surface area contributed by atoms with E-state index in [9.17, 15) is 14.4 Å². The smallest absolute Gasteiger partial charge is 0.341 e. The Kier molecular flexibility index (Phi) is 3.75. The number of amides is 1. The average molecular weight is 358 g/mol. The lowest BCUT2D eigenvalue weighted by Crippen LogP contribution is -2.18. The SMILES string of the molecule is COC(=O)c1cn(Cc2noc([C@@H]3CCC(=O)N3)n2)cc2c(=O)[nH]nc1-2. The van der Waals surface area contributed by atoms with Crippen LogP contribution < -0.4 is 10.9 Å². The fourth-order valence-corrected chi connectivity index (χ4v) is 2.88. The summed E-state index contributed by atoms with van der Waals surface area (Å²) < 4.78 is 11.5. The molecule has 0 aromatic carbocycles. The normalized spacial score (nSPS) is 16.8. The molecule has 3 aliphatic heterocycles. The number of methoxy groups -OCH3 is 1. The summed E-state index contributed by atoms with van der Waals surface area (Å²) >= 11 is 0. The number of rotatable bonds is 4. The van der Waals surface area contributed by atoms with Crippen molar-refractivity contribution < 1.29 is 18.8 Å². The van der Waals surface area contributed by atoms with Gasteiger partial charge in [-0.15, -0.1) is 0 Å². The van der Waals surface area contributed by atoms with Crippen LogP contribution in [0.4, 0.5) is 0 Å². The number of esters is 1. The maximum Gasteiger partial charge on any atom is 0.341 e. The van der Waals surface area contributed by atoms with Crippen molar-refractivity contribution in [2.45, 2.75) is 25.4 Å². The van der Waals surface area contributed by atoms with E-state index in [1.807, 2.05) is 0 Å². The van der Waals surface area contributed by atoms with E-state index in [1.54, 1.807) is 10.8 Å². The van der Waals surface area contributed by atoms with Gasteiger partial charge in [0.1, 0.15) is 17.3 Å². The molecular weight excluding hydrogens is 344 g/mol. The van der Waals surface area contributed by atoms with Crippen molar-refractivity contribution in [2.24, 2.45) is 0 Å². The van der Waals surface area contributed by atoms with Crippen molar-refractivity contribution in [1.82, 2.24) is 30.2 Å². The lowest BCUT2D eigenvalue weighted by molar-refractivity contribution is -0.119. The van der Waals surface area contributed by atoms with Gasteiger partial charge in [0.25, 0.3) is 5.56 Å². The van der Waals surface area contributed by atoms with E-state index in [-0.39, 0.29) is 35.3 Å². The van der Waals surface area contributed by atoms with Crippen molar-refractivity contribution in [1.29, 1.82) is 0 Å². The van der Waals surface area contributed by atoms with Crippen LogP contribution in [0.3, 0.4) is 0 Å². The minimum Gasteiger partial charge on any atom is -0.465 e. The highest BCUT2D eigenvalue weighted by atomic mass is 16.5. The molecule has 11 nitrogen and oxygen atoms in total. The quantitative estimate of drug-likeness (QED) is 0.612. The first-order valence-electron chi connectivity index (χ1n) is 7.83. The Morgan fingerprint density at radius 1 is 1.42 bits per heavy atom. The number of ether oxygens (including phenoxy) is 1. The van der Waals surface area contributed by atoms with Gasteiger partial charge in [-0.3, -0.25) is 9.59 Å². The monoisotopic (exact) mass is 358 g/mol. The number of nitrogens with one attached hydrogen (secondary N) is 2. The van der Waals surface area contributed by atoms with Crippen LogP contribution in [0.15, 0.2) is 21.7 Å². The zero-order chi connectivity index (χ0) is 18.3. The number of H-pyrrole nitrogens is 1. The maximum absolute atomic E-state index is 12.0. The van der Waals surface area contributed by atoms with Crippen molar-refractivity contribution in [3.05, 3.63) is 40.0 Å². The van der Waals surface area contributed by atoms with Gasteiger partial charge in [-0.2, -0.15) is 10.1 Å². The molecule has 1 fully saturated rings. The van der Waals surface area contributed by atoms with Crippen LogP contribution in [0.5, 0.6) is 0 Å². The van der Waals surface area contributed by atoms with Crippen molar-refractivity contribution in [3.8, 4) is 11.3 Å². The first-order valence-corrected chi connectivity index (χ1v) is 7.83. The number of carbonyl (C=O) groups is 2. The summed E-state index contributed by atoms with van der Waals surface area (Å²) in [6.07, 6.45) is 4.06. The van der Waals surface area contributed by atoms with Crippen LogP contribution in [0.25, 0.3) is 11.3 Å². The van der Waals surface area contributed by atoms with Crippen molar-refractivity contribution in [3.63, 3.8) is 0 Å². The van der Waals surface area contributed by atoms with Gasteiger partial charge in [-0.1, -0.05) is 5.16 Å². The number of aromatic amines is 1. The first kappa shape index (κ1) is 16.0. The summed E-state index contributed by atoms with van der Waals surface area (Å²) in [7, 11) is 1.25. The molecule has 1 saturated heterocycles. The molecule has 1 aromatic heterocycles. The third kappa shape index (κ3) is 2.72. The molecule has 0 bridgehead atoms. The summed E-state index contributed by atoms with van der Waals surface area (Å²) in [5, 5.41) is 12.8. The Morgan fingerprint density at radius 2 is 2.27 bits per heavy atom. The molecule has 1 amide bonds. The maximum atomic E-state index is 12.0. The number of hydrogen-bond acceptors (Lipinski definition) is 8. The molecule has 3 aliphatic rings. The molecule has 4 rings (SSSR count). The summed E-state index contributed by atoms with van der Waals surface area (Å²) in [6.45, 7) is 0.161.